The Morgan fingerprint density at radius 2 is 1.83 bits per heavy atom. The number of aromatic nitrogens is 2. The molecular weight excluding hydrogens is 326 g/mol. The summed E-state index contributed by atoms with van der Waals surface area (Å²) >= 11 is 0. The quantitative estimate of drug-likeness (QED) is 0.832. The number of benzene rings is 1. The summed E-state index contributed by atoms with van der Waals surface area (Å²) in [6.07, 6.45) is 5.30. The molecule has 3 rings (SSSR count). The van der Waals surface area contributed by atoms with Crippen molar-refractivity contribution in [3.05, 3.63) is 42.7 Å². The highest BCUT2D eigenvalue weighted by atomic mass is 32.2. The molecule has 0 unspecified atom stereocenters. The molecule has 1 saturated heterocycles. The molecule has 2 heterocycles. The lowest BCUT2D eigenvalue weighted by molar-refractivity contribution is 0.242. The molecule has 1 aliphatic rings. The first-order chi connectivity index (χ1) is 11.5. The van der Waals surface area contributed by atoms with Crippen LogP contribution in [0.25, 0.3) is 0 Å². The monoisotopic (exact) mass is 349 g/mol. The minimum Gasteiger partial charge on any atom is -0.491 e. The average Bonchev–Trinajstić information content (AvgIpc) is 3.09. The molecule has 2 aromatic rings. The minimum absolute atomic E-state index is 0.0637. The van der Waals surface area contributed by atoms with Gasteiger partial charge in [0, 0.05) is 25.5 Å². The van der Waals surface area contributed by atoms with Crippen LogP contribution in [0.5, 0.6) is 5.75 Å². The summed E-state index contributed by atoms with van der Waals surface area (Å²) in [6.45, 7) is 4.90. The van der Waals surface area contributed by atoms with Crippen molar-refractivity contribution in [2.45, 2.75) is 43.7 Å². The van der Waals surface area contributed by atoms with Crippen molar-refractivity contribution in [2.24, 2.45) is 0 Å². The van der Waals surface area contributed by atoms with Gasteiger partial charge in [-0.15, -0.1) is 0 Å². The standard InChI is InChI=1S/C17H23N3O3S/c1-14(2)23-16-4-6-17(7-5-16)24(21,22)19-12-8-15(9-13-19)20-11-3-10-18-20/h3-7,10-11,14-15H,8-9,12-13H2,1-2H3. The second-order valence-corrected chi connectivity index (χ2v) is 8.20. The lowest BCUT2D eigenvalue weighted by Crippen LogP contribution is -2.39. The van der Waals surface area contributed by atoms with Crippen LogP contribution in [0.4, 0.5) is 0 Å². The smallest absolute Gasteiger partial charge is 0.243 e. The van der Waals surface area contributed by atoms with E-state index in [1.54, 1.807) is 34.8 Å². The van der Waals surface area contributed by atoms with Gasteiger partial charge >= 0.3 is 0 Å². The molecule has 1 aliphatic heterocycles. The maximum atomic E-state index is 12.8. The number of sulfonamides is 1. The zero-order chi connectivity index (χ0) is 17.2. The Hall–Kier alpha value is -1.86. The van der Waals surface area contributed by atoms with Crippen molar-refractivity contribution in [1.82, 2.24) is 14.1 Å². The second-order valence-electron chi connectivity index (χ2n) is 6.26. The van der Waals surface area contributed by atoms with Gasteiger partial charge in [-0.3, -0.25) is 4.68 Å². The summed E-state index contributed by atoms with van der Waals surface area (Å²) in [5, 5.41) is 4.25. The lowest BCUT2D eigenvalue weighted by Gasteiger charge is -2.31. The summed E-state index contributed by atoms with van der Waals surface area (Å²) in [5.74, 6) is 0.682. The Labute approximate surface area is 143 Å². The van der Waals surface area contributed by atoms with Crippen LogP contribution in [0.1, 0.15) is 32.7 Å². The number of hydrogen-bond acceptors (Lipinski definition) is 4. The summed E-state index contributed by atoms with van der Waals surface area (Å²) in [7, 11) is -3.45. The van der Waals surface area contributed by atoms with Crippen LogP contribution >= 0.6 is 0 Å². The van der Waals surface area contributed by atoms with E-state index in [1.807, 2.05) is 30.8 Å². The van der Waals surface area contributed by atoms with Crippen molar-refractivity contribution in [2.75, 3.05) is 13.1 Å². The van der Waals surface area contributed by atoms with E-state index in [2.05, 4.69) is 5.10 Å². The maximum absolute atomic E-state index is 12.8. The Balaban J connectivity index is 1.67. The zero-order valence-electron chi connectivity index (χ0n) is 14.0. The van der Waals surface area contributed by atoms with Crippen molar-refractivity contribution in [3.63, 3.8) is 0 Å². The fraction of sp³-hybridized carbons (Fsp3) is 0.471. The van der Waals surface area contributed by atoms with E-state index < -0.39 is 10.0 Å². The number of hydrogen-bond donors (Lipinski definition) is 0. The lowest BCUT2D eigenvalue weighted by atomic mass is 10.1. The van der Waals surface area contributed by atoms with Gasteiger partial charge in [-0.05, 0) is 57.0 Å². The van der Waals surface area contributed by atoms with Crippen LogP contribution in [0.15, 0.2) is 47.6 Å². The highest BCUT2D eigenvalue weighted by Crippen LogP contribution is 2.27. The van der Waals surface area contributed by atoms with E-state index in [-0.39, 0.29) is 12.1 Å². The molecule has 0 bridgehead atoms. The van der Waals surface area contributed by atoms with Crippen LogP contribution in [0, 0.1) is 0 Å². The highest BCUT2D eigenvalue weighted by Gasteiger charge is 2.30. The predicted octanol–water partition coefficient (Wildman–Crippen LogP) is 2.70. The molecule has 0 amide bonds. The molecule has 1 fully saturated rings. The maximum Gasteiger partial charge on any atom is 0.243 e. The fourth-order valence-electron chi connectivity index (χ4n) is 2.96. The molecule has 0 spiro atoms. The second kappa shape index (κ2) is 6.94. The van der Waals surface area contributed by atoms with Crippen LogP contribution in [0.3, 0.4) is 0 Å². The number of piperidine rings is 1. The zero-order valence-corrected chi connectivity index (χ0v) is 14.8. The Morgan fingerprint density at radius 1 is 1.17 bits per heavy atom. The minimum atomic E-state index is -3.45. The van der Waals surface area contributed by atoms with E-state index in [0.29, 0.717) is 23.7 Å². The first-order valence-corrected chi connectivity index (χ1v) is 9.67. The third-order valence-electron chi connectivity index (χ3n) is 4.16. The molecule has 0 N–H and O–H groups in total. The first-order valence-electron chi connectivity index (χ1n) is 8.23. The Kier molecular flexibility index (Phi) is 4.91. The van der Waals surface area contributed by atoms with Gasteiger partial charge in [-0.25, -0.2) is 8.42 Å². The van der Waals surface area contributed by atoms with E-state index >= 15 is 0 Å². The van der Waals surface area contributed by atoms with Crippen molar-refractivity contribution in [3.8, 4) is 5.75 Å². The van der Waals surface area contributed by atoms with Gasteiger partial charge in [0.1, 0.15) is 5.75 Å². The van der Waals surface area contributed by atoms with Gasteiger partial charge in [-0.2, -0.15) is 9.40 Å². The molecule has 7 heteroatoms. The van der Waals surface area contributed by atoms with Gasteiger partial charge in [0.2, 0.25) is 10.0 Å². The summed E-state index contributed by atoms with van der Waals surface area (Å²) in [6, 6.07) is 8.82. The van der Waals surface area contributed by atoms with Gasteiger partial charge < -0.3 is 4.74 Å². The van der Waals surface area contributed by atoms with Crippen LogP contribution in [-0.4, -0.2) is 41.7 Å². The number of rotatable bonds is 5. The molecule has 1 aromatic carbocycles. The van der Waals surface area contributed by atoms with Crippen molar-refractivity contribution in [1.29, 1.82) is 0 Å². The van der Waals surface area contributed by atoms with E-state index in [0.717, 1.165) is 12.8 Å². The Bertz CT molecular complexity index is 747. The van der Waals surface area contributed by atoms with Crippen molar-refractivity contribution < 1.29 is 13.2 Å². The molecule has 130 valence electrons. The molecule has 0 radical (unpaired) electrons. The van der Waals surface area contributed by atoms with Crippen molar-refractivity contribution >= 4 is 10.0 Å². The topological polar surface area (TPSA) is 64.4 Å². The van der Waals surface area contributed by atoms with E-state index in [4.69, 9.17) is 4.74 Å². The van der Waals surface area contributed by atoms with Crippen LogP contribution < -0.4 is 4.74 Å². The highest BCUT2D eigenvalue weighted by molar-refractivity contribution is 7.89. The van der Waals surface area contributed by atoms with Gasteiger partial charge in [0.05, 0.1) is 17.0 Å². The van der Waals surface area contributed by atoms with Gasteiger partial charge in [0.25, 0.3) is 0 Å². The van der Waals surface area contributed by atoms with Crippen LogP contribution in [0.2, 0.25) is 0 Å². The Morgan fingerprint density at radius 3 is 2.38 bits per heavy atom. The molecule has 0 aliphatic carbocycles. The largest absolute Gasteiger partial charge is 0.491 e. The third kappa shape index (κ3) is 3.62. The molecule has 0 atom stereocenters. The first kappa shape index (κ1) is 17.0. The summed E-state index contributed by atoms with van der Waals surface area (Å²) in [5.41, 5.74) is 0. The summed E-state index contributed by atoms with van der Waals surface area (Å²) < 4.78 is 34.6. The average molecular weight is 349 g/mol. The van der Waals surface area contributed by atoms with Gasteiger partial charge in [0.15, 0.2) is 0 Å². The molecule has 6 nitrogen and oxygen atoms in total. The third-order valence-corrected chi connectivity index (χ3v) is 6.07. The normalized spacial score (nSPS) is 17.3. The molecular formula is C17H23N3O3S. The molecule has 0 saturated carbocycles. The SMILES string of the molecule is CC(C)Oc1ccc(S(=O)(=O)N2CCC(n3cccn3)CC2)cc1. The van der Waals surface area contributed by atoms with Crippen LogP contribution in [-0.2, 0) is 10.0 Å². The molecule has 24 heavy (non-hydrogen) atoms. The predicted molar refractivity (Wildman–Crippen MR) is 91.5 cm³/mol. The fourth-order valence-corrected chi connectivity index (χ4v) is 4.42. The number of nitrogens with zero attached hydrogens (tertiary/aromatic N) is 3. The van der Waals surface area contributed by atoms with E-state index in [9.17, 15) is 8.42 Å². The van der Waals surface area contributed by atoms with E-state index in [1.165, 1.54) is 0 Å². The number of ether oxygens (including phenoxy) is 1. The van der Waals surface area contributed by atoms with Gasteiger partial charge in [-0.1, -0.05) is 0 Å². The summed E-state index contributed by atoms with van der Waals surface area (Å²) in [4.78, 5) is 0.316. The molecule has 1 aromatic heterocycles.